The highest BCUT2D eigenvalue weighted by atomic mass is 19.1. The first kappa shape index (κ1) is 22.5. The van der Waals surface area contributed by atoms with Gasteiger partial charge in [-0.05, 0) is 45.7 Å². The molecule has 2 atom stereocenters. The minimum atomic E-state index is -0.905. The molecule has 3 amide bonds. The first-order valence-electron chi connectivity index (χ1n) is 9.42. The number of nitrogens with zero attached hydrogens (tertiary/aromatic N) is 1. The molecule has 2 rings (SSSR count). The van der Waals surface area contributed by atoms with Crippen LogP contribution in [0.1, 0.15) is 40.0 Å². The van der Waals surface area contributed by atoms with Crippen LogP contribution in [0.5, 0.6) is 0 Å². The van der Waals surface area contributed by atoms with Crippen LogP contribution in [-0.4, -0.2) is 53.8 Å². The Morgan fingerprint density at radius 3 is 2.69 bits per heavy atom. The van der Waals surface area contributed by atoms with Crippen LogP contribution in [0.3, 0.4) is 0 Å². The Kier molecular flexibility index (Phi) is 7.89. The van der Waals surface area contributed by atoms with Gasteiger partial charge in [0.1, 0.15) is 29.8 Å². The van der Waals surface area contributed by atoms with Gasteiger partial charge in [0.2, 0.25) is 11.8 Å². The van der Waals surface area contributed by atoms with E-state index in [0.717, 1.165) is 19.0 Å². The van der Waals surface area contributed by atoms with E-state index in [1.807, 2.05) is 0 Å². The third-order valence-electron chi connectivity index (χ3n) is 3.95. The van der Waals surface area contributed by atoms with Gasteiger partial charge >= 0.3 is 6.09 Å². The summed E-state index contributed by atoms with van der Waals surface area (Å²) in [4.78, 5) is 40.3. The Labute approximate surface area is 168 Å². The summed E-state index contributed by atoms with van der Waals surface area (Å²) in [5.41, 5.74) is -0.690. The summed E-state index contributed by atoms with van der Waals surface area (Å²) in [6.45, 7) is 5.38. The second kappa shape index (κ2) is 10.1. The topological polar surface area (TPSA) is 119 Å². The van der Waals surface area contributed by atoms with Gasteiger partial charge in [-0.3, -0.25) is 9.59 Å². The fraction of sp³-hybridized carbons (Fsp3) is 0.579. The molecular formula is C19H27FN4O5. The van der Waals surface area contributed by atoms with E-state index in [4.69, 9.17) is 9.47 Å². The second-order valence-corrected chi connectivity index (χ2v) is 7.70. The lowest BCUT2D eigenvalue weighted by molar-refractivity contribution is -0.126. The zero-order chi connectivity index (χ0) is 21.4. The van der Waals surface area contributed by atoms with Crippen LogP contribution in [0.25, 0.3) is 0 Å². The molecule has 0 bridgehead atoms. The number of halogens is 1. The normalized spacial score (nSPS) is 17.3. The monoisotopic (exact) mass is 410 g/mol. The largest absolute Gasteiger partial charge is 0.444 e. The number of alkyl carbamates (subject to hydrolysis) is 1. The average Bonchev–Trinajstić information content (AvgIpc) is 3.13. The van der Waals surface area contributed by atoms with Gasteiger partial charge in [0.15, 0.2) is 0 Å². The number of rotatable bonds is 7. The van der Waals surface area contributed by atoms with E-state index in [9.17, 15) is 18.8 Å². The zero-order valence-corrected chi connectivity index (χ0v) is 16.8. The van der Waals surface area contributed by atoms with Gasteiger partial charge in [-0.1, -0.05) is 0 Å². The first-order chi connectivity index (χ1) is 13.6. The summed E-state index contributed by atoms with van der Waals surface area (Å²) in [5.74, 6) is -1.43. The van der Waals surface area contributed by atoms with Crippen molar-refractivity contribution in [3.63, 3.8) is 0 Å². The number of anilines is 1. The summed E-state index contributed by atoms with van der Waals surface area (Å²) in [7, 11) is 0. The van der Waals surface area contributed by atoms with E-state index in [1.165, 1.54) is 12.1 Å². The van der Waals surface area contributed by atoms with Crippen LogP contribution in [0.4, 0.5) is 15.0 Å². The average molecular weight is 410 g/mol. The highest BCUT2D eigenvalue weighted by Gasteiger charge is 2.28. The van der Waals surface area contributed by atoms with Crippen molar-refractivity contribution in [1.82, 2.24) is 15.6 Å². The SMILES string of the molecule is CC(C)(C)OC(=O)NCC(=O)N[C@@H](CC1CCCO1)C(=O)Nc1ccc(F)cn1. The van der Waals surface area contributed by atoms with Crippen molar-refractivity contribution in [2.75, 3.05) is 18.5 Å². The van der Waals surface area contributed by atoms with Crippen LogP contribution >= 0.6 is 0 Å². The molecule has 1 aliphatic heterocycles. The van der Waals surface area contributed by atoms with E-state index in [1.54, 1.807) is 20.8 Å². The molecule has 0 saturated carbocycles. The predicted molar refractivity (Wildman–Crippen MR) is 103 cm³/mol. The summed E-state index contributed by atoms with van der Waals surface area (Å²) >= 11 is 0. The molecule has 29 heavy (non-hydrogen) atoms. The molecule has 1 aromatic rings. The number of aromatic nitrogens is 1. The number of hydrogen-bond donors (Lipinski definition) is 3. The van der Waals surface area contributed by atoms with E-state index >= 15 is 0 Å². The van der Waals surface area contributed by atoms with Crippen molar-refractivity contribution in [3.8, 4) is 0 Å². The van der Waals surface area contributed by atoms with Crippen LogP contribution in [0.2, 0.25) is 0 Å². The van der Waals surface area contributed by atoms with Gasteiger partial charge in [-0.15, -0.1) is 0 Å². The van der Waals surface area contributed by atoms with Crippen molar-refractivity contribution in [1.29, 1.82) is 0 Å². The lowest BCUT2D eigenvalue weighted by atomic mass is 10.1. The number of carbonyl (C=O) groups excluding carboxylic acids is 3. The maximum Gasteiger partial charge on any atom is 0.408 e. The molecule has 0 aliphatic carbocycles. The van der Waals surface area contributed by atoms with E-state index in [-0.39, 0.29) is 24.9 Å². The Balaban J connectivity index is 1.93. The molecule has 2 heterocycles. The Bertz CT molecular complexity index is 714. The maximum absolute atomic E-state index is 13.0. The molecule has 160 valence electrons. The second-order valence-electron chi connectivity index (χ2n) is 7.70. The number of hydrogen-bond acceptors (Lipinski definition) is 6. The molecule has 1 fully saturated rings. The van der Waals surface area contributed by atoms with Gasteiger partial charge in [0.05, 0.1) is 12.3 Å². The Hall–Kier alpha value is -2.75. The molecule has 1 aromatic heterocycles. The number of carbonyl (C=O) groups is 3. The van der Waals surface area contributed by atoms with Crippen molar-refractivity contribution >= 4 is 23.7 Å². The van der Waals surface area contributed by atoms with E-state index in [2.05, 4.69) is 20.9 Å². The van der Waals surface area contributed by atoms with Gasteiger partial charge < -0.3 is 25.4 Å². The van der Waals surface area contributed by atoms with Gasteiger partial charge in [0, 0.05) is 13.0 Å². The van der Waals surface area contributed by atoms with Crippen molar-refractivity contribution in [2.45, 2.75) is 57.8 Å². The molecule has 1 saturated heterocycles. The van der Waals surface area contributed by atoms with Crippen LogP contribution < -0.4 is 16.0 Å². The van der Waals surface area contributed by atoms with E-state index in [0.29, 0.717) is 6.61 Å². The molecule has 1 aliphatic rings. The molecule has 0 aromatic carbocycles. The molecular weight excluding hydrogens is 383 g/mol. The van der Waals surface area contributed by atoms with Gasteiger partial charge in [-0.25, -0.2) is 14.2 Å². The number of pyridine rings is 1. The lowest BCUT2D eigenvalue weighted by Gasteiger charge is -2.22. The maximum atomic E-state index is 13.0. The highest BCUT2D eigenvalue weighted by molar-refractivity contribution is 5.97. The Morgan fingerprint density at radius 1 is 1.34 bits per heavy atom. The number of amides is 3. The third kappa shape index (κ3) is 8.43. The molecule has 0 spiro atoms. The summed E-state index contributed by atoms with van der Waals surface area (Å²) in [6.07, 6.45) is 2.02. The first-order valence-corrected chi connectivity index (χ1v) is 9.42. The van der Waals surface area contributed by atoms with Crippen molar-refractivity contribution < 1.29 is 28.2 Å². The van der Waals surface area contributed by atoms with E-state index < -0.39 is 35.4 Å². The molecule has 1 unspecified atom stereocenters. The number of ether oxygens (including phenoxy) is 2. The molecule has 0 radical (unpaired) electrons. The minimum Gasteiger partial charge on any atom is -0.444 e. The van der Waals surface area contributed by atoms with Crippen LogP contribution in [0, 0.1) is 5.82 Å². The van der Waals surface area contributed by atoms with Crippen molar-refractivity contribution in [2.24, 2.45) is 0 Å². The fourth-order valence-electron chi connectivity index (χ4n) is 2.70. The molecule has 10 heteroatoms. The van der Waals surface area contributed by atoms with Crippen LogP contribution in [0.15, 0.2) is 18.3 Å². The fourth-order valence-corrected chi connectivity index (χ4v) is 2.70. The summed E-state index contributed by atoms with van der Waals surface area (Å²) < 4.78 is 23.6. The standard InChI is InChI=1S/C19H27FN4O5/c1-19(2,3)29-18(27)22-11-16(25)23-14(9-13-5-4-8-28-13)17(26)24-15-7-6-12(20)10-21-15/h6-7,10,13-14H,4-5,8-9,11H2,1-3H3,(H,22,27)(H,23,25)(H,21,24,26)/t13?,14-/m0/s1. The van der Waals surface area contributed by atoms with Crippen LogP contribution in [-0.2, 0) is 19.1 Å². The van der Waals surface area contributed by atoms with Gasteiger partial charge in [0.25, 0.3) is 0 Å². The lowest BCUT2D eigenvalue weighted by Crippen LogP contribution is -2.49. The zero-order valence-electron chi connectivity index (χ0n) is 16.8. The van der Waals surface area contributed by atoms with Crippen molar-refractivity contribution in [3.05, 3.63) is 24.1 Å². The summed E-state index contributed by atoms with van der Waals surface area (Å²) in [5, 5.41) is 7.48. The Morgan fingerprint density at radius 2 is 2.10 bits per heavy atom. The summed E-state index contributed by atoms with van der Waals surface area (Å²) in [6, 6.07) is 1.58. The third-order valence-corrected chi connectivity index (χ3v) is 3.95. The molecule has 9 nitrogen and oxygen atoms in total. The van der Waals surface area contributed by atoms with Gasteiger partial charge in [-0.2, -0.15) is 0 Å². The smallest absolute Gasteiger partial charge is 0.408 e. The minimum absolute atomic E-state index is 0.161. The predicted octanol–water partition coefficient (Wildman–Crippen LogP) is 1.74. The number of nitrogens with one attached hydrogen (secondary N) is 3. The molecule has 3 N–H and O–H groups in total. The quantitative estimate of drug-likeness (QED) is 0.630. The highest BCUT2D eigenvalue weighted by Crippen LogP contribution is 2.18.